The lowest BCUT2D eigenvalue weighted by molar-refractivity contribution is 0.681. The molecule has 2 heterocycles. The highest BCUT2D eigenvalue weighted by Crippen LogP contribution is 2.07. The van der Waals surface area contributed by atoms with Gasteiger partial charge >= 0.3 is 0 Å². The fourth-order valence-corrected chi connectivity index (χ4v) is 2.04. The van der Waals surface area contributed by atoms with Gasteiger partial charge in [-0.3, -0.25) is 9.36 Å². The van der Waals surface area contributed by atoms with E-state index in [1.807, 2.05) is 32.0 Å². The zero-order valence-corrected chi connectivity index (χ0v) is 12.2. The Labute approximate surface area is 118 Å². The molecule has 5 nitrogen and oxygen atoms in total. The first-order valence-corrected chi connectivity index (χ1v) is 6.85. The van der Waals surface area contributed by atoms with Crippen molar-refractivity contribution in [1.82, 2.24) is 14.5 Å². The molecule has 0 radical (unpaired) electrons. The van der Waals surface area contributed by atoms with Gasteiger partial charge in [0.1, 0.15) is 11.6 Å². The Balaban J connectivity index is 2.24. The van der Waals surface area contributed by atoms with Crippen LogP contribution in [0.4, 0.5) is 5.82 Å². The van der Waals surface area contributed by atoms with Crippen molar-refractivity contribution >= 4 is 5.82 Å². The summed E-state index contributed by atoms with van der Waals surface area (Å²) in [6.45, 7) is 7.11. The van der Waals surface area contributed by atoms with E-state index in [0.29, 0.717) is 12.4 Å². The normalized spacial score (nSPS) is 10.6. The SMILES string of the molecule is CCCNc1cccc(Cn2c(C)nc(C)cc2=O)n1. The van der Waals surface area contributed by atoms with Gasteiger partial charge < -0.3 is 5.32 Å². The quantitative estimate of drug-likeness (QED) is 0.905. The van der Waals surface area contributed by atoms with Gasteiger partial charge in [-0.2, -0.15) is 0 Å². The molecule has 0 amide bonds. The van der Waals surface area contributed by atoms with Gasteiger partial charge in [0.15, 0.2) is 0 Å². The van der Waals surface area contributed by atoms with Crippen molar-refractivity contribution in [2.45, 2.75) is 33.7 Å². The molecule has 0 aliphatic heterocycles. The minimum Gasteiger partial charge on any atom is -0.370 e. The molecule has 0 saturated heterocycles. The van der Waals surface area contributed by atoms with Crippen LogP contribution in [0.2, 0.25) is 0 Å². The van der Waals surface area contributed by atoms with E-state index in [4.69, 9.17) is 0 Å². The highest BCUT2D eigenvalue weighted by molar-refractivity contribution is 5.35. The van der Waals surface area contributed by atoms with Crippen molar-refractivity contribution in [3.8, 4) is 0 Å². The first-order valence-electron chi connectivity index (χ1n) is 6.85. The number of aromatic nitrogens is 3. The topological polar surface area (TPSA) is 59.8 Å². The third-order valence-corrected chi connectivity index (χ3v) is 3.01. The summed E-state index contributed by atoms with van der Waals surface area (Å²) in [5.41, 5.74) is 1.56. The Morgan fingerprint density at radius 3 is 2.75 bits per heavy atom. The standard InChI is InChI=1S/C15H20N4O/c1-4-8-16-14-7-5-6-13(18-14)10-19-12(3)17-11(2)9-15(19)20/h5-7,9H,4,8,10H2,1-3H3,(H,16,18). The lowest BCUT2D eigenvalue weighted by atomic mass is 10.3. The summed E-state index contributed by atoms with van der Waals surface area (Å²) in [7, 11) is 0. The third kappa shape index (κ3) is 3.44. The van der Waals surface area contributed by atoms with E-state index in [-0.39, 0.29) is 5.56 Å². The van der Waals surface area contributed by atoms with Crippen LogP contribution in [0, 0.1) is 13.8 Å². The molecule has 5 heteroatoms. The maximum Gasteiger partial charge on any atom is 0.254 e. The number of rotatable bonds is 5. The Morgan fingerprint density at radius 1 is 1.25 bits per heavy atom. The van der Waals surface area contributed by atoms with Crippen LogP contribution in [0.1, 0.15) is 30.6 Å². The van der Waals surface area contributed by atoms with Gasteiger partial charge in [0.25, 0.3) is 5.56 Å². The zero-order chi connectivity index (χ0) is 14.5. The number of anilines is 1. The largest absolute Gasteiger partial charge is 0.370 e. The summed E-state index contributed by atoms with van der Waals surface area (Å²) in [6.07, 6.45) is 1.05. The van der Waals surface area contributed by atoms with Gasteiger partial charge in [0.05, 0.1) is 12.2 Å². The molecule has 2 aromatic rings. The second-order valence-corrected chi connectivity index (χ2v) is 4.81. The molecule has 0 aliphatic carbocycles. The summed E-state index contributed by atoms with van der Waals surface area (Å²) in [5.74, 6) is 1.55. The van der Waals surface area contributed by atoms with Crippen molar-refractivity contribution in [3.05, 3.63) is 51.8 Å². The van der Waals surface area contributed by atoms with Crippen molar-refractivity contribution < 1.29 is 0 Å². The average molecular weight is 272 g/mol. The molecule has 2 aromatic heterocycles. The van der Waals surface area contributed by atoms with E-state index in [1.54, 1.807) is 10.6 Å². The number of pyridine rings is 1. The van der Waals surface area contributed by atoms with Gasteiger partial charge in [-0.05, 0) is 32.4 Å². The van der Waals surface area contributed by atoms with Crippen LogP contribution in [-0.2, 0) is 6.54 Å². The summed E-state index contributed by atoms with van der Waals surface area (Å²) in [4.78, 5) is 20.8. The third-order valence-electron chi connectivity index (χ3n) is 3.01. The maximum atomic E-state index is 12.0. The Kier molecular flexibility index (Phi) is 4.50. The van der Waals surface area contributed by atoms with Gasteiger partial charge in [-0.1, -0.05) is 13.0 Å². The molecular weight excluding hydrogens is 252 g/mol. The first-order chi connectivity index (χ1) is 9.60. The molecule has 0 atom stereocenters. The zero-order valence-electron chi connectivity index (χ0n) is 12.2. The van der Waals surface area contributed by atoms with Crippen molar-refractivity contribution in [2.75, 3.05) is 11.9 Å². The predicted molar refractivity (Wildman–Crippen MR) is 80.1 cm³/mol. The Morgan fingerprint density at radius 2 is 2.05 bits per heavy atom. The molecule has 0 aromatic carbocycles. The van der Waals surface area contributed by atoms with Crippen LogP contribution < -0.4 is 10.9 Å². The summed E-state index contributed by atoms with van der Waals surface area (Å²) >= 11 is 0. The van der Waals surface area contributed by atoms with E-state index in [9.17, 15) is 4.79 Å². The Bertz CT molecular complexity index is 649. The molecule has 0 aliphatic rings. The number of nitrogens with zero attached hydrogens (tertiary/aromatic N) is 3. The van der Waals surface area contributed by atoms with E-state index in [2.05, 4.69) is 22.2 Å². The highest BCUT2D eigenvalue weighted by atomic mass is 16.1. The minimum absolute atomic E-state index is 0.0382. The van der Waals surface area contributed by atoms with Crippen molar-refractivity contribution in [3.63, 3.8) is 0 Å². The summed E-state index contributed by atoms with van der Waals surface area (Å²) in [5, 5.41) is 3.24. The maximum absolute atomic E-state index is 12.0. The van der Waals surface area contributed by atoms with E-state index in [0.717, 1.165) is 30.2 Å². The molecule has 2 rings (SSSR count). The van der Waals surface area contributed by atoms with E-state index >= 15 is 0 Å². The summed E-state index contributed by atoms with van der Waals surface area (Å²) in [6, 6.07) is 7.35. The van der Waals surface area contributed by atoms with Crippen molar-refractivity contribution in [2.24, 2.45) is 0 Å². The second-order valence-electron chi connectivity index (χ2n) is 4.81. The van der Waals surface area contributed by atoms with Crippen LogP contribution in [0.25, 0.3) is 0 Å². The average Bonchev–Trinajstić information content (AvgIpc) is 2.41. The molecule has 20 heavy (non-hydrogen) atoms. The molecule has 106 valence electrons. The fourth-order valence-electron chi connectivity index (χ4n) is 2.04. The molecule has 0 unspecified atom stereocenters. The van der Waals surface area contributed by atoms with Crippen molar-refractivity contribution in [1.29, 1.82) is 0 Å². The van der Waals surface area contributed by atoms with Gasteiger partial charge in [0.2, 0.25) is 0 Å². The van der Waals surface area contributed by atoms with Gasteiger partial charge in [-0.25, -0.2) is 9.97 Å². The molecule has 0 bridgehead atoms. The number of aryl methyl sites for hydroxylation is 2. The van der Waals surface area contributed by atoms with Crippen LogP contribution in [0.15, 0.2) is 29.1 Å². The molecule has 1 N–H and O–H groups in total. The van der Waals surface area contributed by atoms with Crippen LogP contribution in [0.3, 0.4) is 0 Å². The molecule has 0 spiro atoms. The highest BCUT2D eigenvalue weighted by Gasteiger charge is 2.05. The second kappa shape index (κ2) is 6.32. The monoisotopic (exact) mass is 272 g/mol. The number of hydrogen-bond donors (Lipinski definition) is 1. The predicted octanol–water partition coefficient (Wildman–Crippen LogP) is 2.13. The van der Waals surface area contributed by atoms with E-state index in [1.165, 1.54) is 0 Å². The lowest BCUT2D eigenvalue weighted by Crippen LogP contribution is -2.24. The van der Waals surface area contributed by atoms with Gasteiger partial charge in [-0.15, -0.1) is 0 Å². The van der Waals surface area contributed by atoms with Crippen LogP contribution in [0.5, 0.6) is 0 Å². The summed E-state index contributed by atoms with van der Waals surface area (Å²) < 4.78 is 1.64. The molecular formula is C15H20N4O. The van der Waals surface area contributed by atoms with E-state index < -0.39 is 0 Å². The van der Waals surface area contributed by atoms with Gasteiger partial charge in [0, 0.05) is 18.3 Å². The van der Waals surface area contributed by atoms with Crippen LogP contribution >= 0.6 is 0 Å². The number of nitrogens with one attached hydrogen (secondary N) is 1. The molecule has 0 saturated carbocycles. The lowest BCUT2D eigenvalue weighted by Gasteiger charge is -2.10. The smallest absolute Gasteiger partial charge is 0.254 e. The molecule has 0 fully saturated rings. The first kappa shape index (κ1) is 14.2. The van der Waals surface area contributed by atoms with Crippen LogP contribution in [-0.4, -0.2) is 21.1 Å². The number of hydrogen-bond acceptors (Lipinski definition) is 4. The Hall–Kier alpha value is -2.17. The minimum atomic E-state index is -0.0382. The fraction of sp³-hybridized carbons (Fsp3) is 0.400.